The molecule has 0 spiro atoms. The highest BCUT2D eigenvalue weighted by Gasteiger charge is 2.47. The van der Waals surface area contributed by atoms with Crippen molar-refractivity contribution in [3.05, 3.63) is 35.9 Å². The van der Waals surface area contributed by atoms with E-state index in [1.54, 1.807) is 13.8 Å². The molecule has 18 heavy (non-hydrogen) atoms. The van der Waals surface area contributed by atoms with Crippen LogP contribution in [0, 0.1) is 11.8 Å². The highest BCUT2D eigenvalue weighted by Crippen LogP contribution is 2.39. The average Bonchev–Trinajstić information content (AvgIpc) is 2.67. The number of rotatable bonds is 3. The fraction of sp³-hybridized carbons (Fsp3) is 0.429. The summed E-state index contributed by atoms with van der Waals surface area (Å²) in [7, 11) is 0. The zero-order valence-electron chi connectivity index (χ0n) is 10.5. The van der Waals surface area contributed by atoms with E-state index in [1.165, 1.54) is 0 Å². The normalized spacial score (nSPS) is 26.8. The number of carbonyl (C=O) groups excluding carboxylic acids is 2. The van der Waals surface area contributed by atoms with Crippen molar-refractivity contribution < 1.29 is 19.1 Å². The second kappa shape index (κ2) is 5.21. The Morgan fingerprint density at radius 3 is 2.61 bits per heavy atom. The van der Waals surface area contributed by atoms with Gasteiger partial charge in [0.25, 0.3) is 0 Å². The predicted octanol–water partition coefficient (Wildman–Crippen LogP) is 2.10. The molecule has 1 fully saturated rings. The van der Waals surface area contributed by atoms with Gasteiger partial charge in [-0.25, -0.2) is 0 Å². The van der Waals surface area contributed by atoms with Crippen LogP contribution in [0.25, 0.3) is 0 Å². The van der Waals surface area contributed by atoms with Crippen molar-refractivity contribution in [3.8, 4) is 0 Å². The minimum Gasteiger partial charge on any atom is -0.466 e. The lowest BCUT2D eigenvalue weighted by Crippen LogP contribution is -2.26. The Morgan fingerprint density at radius 2 is 2.00 bits per heavy atom. The van der Waals surface area contributed by atoms with Crippen LogP contribution in [0.2, 0.25) is 0 Å². The van der Waals surface area contributed by atoms with Gasteiger partial charge < -0.3 is 9.47 Å². The molecule has 96 valence electrons. The van der Waals surface area contributed by atoms with Crippen molar-refractivity contribution in [1.82, 2.24) is 0 Å². The third-order valence-corrected chi connectivity index (χ3v) is 3.17. The summed E-state index contributed by atoms with van der Waals surface area (Å²) in [6.07, 6.45) is -0.534. The molecular formula is C14H16O4. The van der Waals surface area contributed by atoms with Gasteiger partial charge in [-0.2, -0.15) is 0 Å². The van der Waals surface area contributed by atoms with Crippen molar-refractivity contribution in [2.45, 2.75) is 20.0 Å². The van der Waals surface area contributed by atoms with E-state index in [0.29, 0.717) is 6.61 Å². The Kier molecular flexibility index (Phi) is 3.65. The van der Waals surface area contributed by atoms with Gasteiger partial charge in [-0.15, -0.1) is 0 Å². The maximum absolute atomic E-state index is 11.9. The second-order valence-electron chi connectivity index (χ2n) is 4.33. The monoisotopic (exact) mass is 248 g/mol. The third-order valence-electron chi connectivity index (χ3n) is 3.17. The molecule has 3 atom stereocenters. The maximum Gasteiger partial charge on any atom is 0.313 e. The number of carbonyl (C=O) groups is 2. The Balaban J connectivity index is 2.28. The third kappa shape index (κ3) is 2.23. The molecule has 1 aromatic rings. The molecule has 2 rings (SSSR count). The van der Waals surface area contributed by atoms with Gasteiger partial charge in [-0.1, -0.05) is 37.3 Å². The number of benzene rings is 1. The van der Waals surface area contributed by atoms with Gasteiger partial charge in [0.1, 0.15) is 12.0 Å². The van der Waals surface area contributed by atoms with Crippen molar-refractivity contribution in [1.29, 1.82) is 0 Å². The van der Waals surface area contributed by atoms with Gasteiger partial charge in [0.2, 0.25) is 0 Å². The van der Waals surface area contributed by atoms with Gasteiger partial charge >= 0.3 is 11.9 Å². The van der Waals surface area contributed by atoms with E-state index >= 15 is 0 Å². The Morgan fingerprint density at radius 1 is 1.33 bits per heavy atom. The first kappa shape index (κ1) is 12.6. The molecule has 1 aromatic carbocycles. The minimum absolute atomic E-state index is 0.303. The molecule has 0 aromatic heterocycles. The van der Waals surface area contributed by atoms with E-state index in [2.05, 4.69) is 0 Å². The summed E-state index contributed by atoms with van der Waals surface area (Å²) in [4.78, 5) is 23.6. The average molecular weight is 248 g/mol. The molecule has 1 saturated heterocycles. The Labute approximate surface area is 106 Å². The van der Waals surface area contributed by atoms with Crippen LogP contribution < -0.4 is 0 Å². The summed E-state index contributed by atoms with van der Waals surface area (Å²) in [6.45, 7) is 3.75. The van der Waals surface area contributed by atoms with Gasteiger partial charge in [0.05, 0.1) is 12.5 Å². The lowest BCUT2D eigenvalue weighted by molar-refractivity contribution is -0.151. The highest BCUT2D eigenvalue weighted by atomic mass is 16.6. The van der Waals surface area contributed by atoms with Gasteiger partial charge in [-0.05, 0) is 12.5 Å². The van der Waals surface area contributed by atoms with Crippen molar-refractivity contribution >= 4 is 11.9 Å². The van der Waals surface area contributed by atoms with E-state index in [1.807, 2.05) is 30.3 Å². The standard InChI is InChI=1S/C14H16O4/c1-3-17-14(16)11-9(2)13(15)18-12(11)10-7-5-4-6-8-10/h4-9,11-12H,3H2,1-2H3/t9-,11-,12+/m1/s1. The fourth-order valence-corrected chi connectivity index (χ4v) is 2.20. The van der Waals surface area contributed by atoms with E-state index in [0.717, 1.165) is 5.56 Å². The number of hydrogen-bond acceptors (Lipinski definition) is 4. The first-order chi connectivity index (χ1) is 8.65. The quantitative estimate of drug-likeness (QED) is 0.769. The molecule has 0 N–H and O–H groups in total. The minimum atomic E-state index is -0.556. The molecule has 4 heteroatoms. The van der Waals surface area contributed by atoms with Crippen LogP contribution in [0.4, 0.5) is 0 Å². The van der Waals surface area contributed by atoms with E-state index < -0.39 is 17.9 Å². The molecule has 0 bridgehead atoms. The Hall–Kier alpha value is -1.84. The molecule has 1 aliphatic heterocycles. The predicted molar refractivity (Wildman–Crippen MR) is 64.6 cm³/mol. The molecule has 0 amide bonds. The van der Waals surface area contributed by atoms with Crippen molar-refractivity contribution in [2.75, 3.05) is 6.61 Å². The van der Waals surface area contributed by atoms with Crippen LogP contribution in [-0.4, -0.2) is 18.5 Å². The number of ether oxygens (including phenoxy) is 2. The smallest absolute Gasteiger partial charge is 0.313 e. The molecular weight excluding hydrogens is 232 g/mol. The summed E-state index contributed by atoms with van der Waals surface area (Å²) in [5.74, 6) is -1.74. The molecule has 0 unspecified atom stereocenters. The molecule has 0 aliphatic carbocycles. The Bertz CT molecular complexity index is 440. The number of hydrogen-bond donors (Lipinski definition) is 0. The summed E-state index contributed by atoms with van der Waals surface area (Å²) < 4.78 is 10.3. The van der Waals surface area contributed by atoms with Gasteiger partial charge in [-0.3, -0.25) is 9.59 Å². The van der Waals surface area contributed by atoms with Crippen molar-refractivity contribution in [3.63, 3.8) is 0 Å². The zero-order valence-corrected chi connectivity index (χ0v) is 10.5. The van der Waals surface area contributed by atoms with Crippen LogP contribution in [0.15, 0.2) is 30.3 Å². The second-order valence-corrected chi connectivity index (χ2v) is 4.33. The highest BCUT2D eigenvalue weighted by molar-refractivity contribution is 5.85. The van der Waals surface area contributed by atoms with E-state index in [-0.39, 0.29) is 11.9 Å². The SMILES string of the molecule is CCOC(=O)[C@@H]1[C@@H](C)C(=O)O[C@H]1c1ccccc1. The summed E-state index contributed by atoms with van der Waals surface area (Å²) >= 11 is 0. The largest absolute Gasteiger partial charge is 0.466 e. The van der Waals surface area contributed by atoms with Crippen LogP contribution in [0.1, 0.15) is 25.5 Å². The number of esters is 2. The lowest BCUT2D eigenvalue weighted by Gasteiger charge is -2.18. The number of cyclic esters (lactones) is 1. The molecule has 1 heterocycles. The van der Waals surface area contributed by atoms with Crippen LogP contribution in [0.3, 0.4) is 0 Å². The van der Waals surface area contributed by atoms with E-state index in [4.69, 9.17) is 9.47 Å². The summed E-state index contributed by atoms with van der Waals surface area (Å²) in [5, 5.41) is 0. The van der Waals surface area contributed by atoms with Crippen LogP contribution in [0.5, 0.6) is 0 Å². The first-order valence-corrected chi connectivity index (χ1v) is 6.07. The van der Waals surface area contributed by atoms with E-state index in [9.17, 15) is 9.59 Å². The fourth-order valence-electron chi connectivity index (χ4n) is 2.20. The maximum atomic E-state index is 11.9. The molecule has 0 saturated carbocycles. The first-order valence-electron chi connectivity index (χ1n) is 6.07. The molecule has 0 radical (unpaired) electrons. The summed E-state index contributed by atoms with van der Waals surface area (Å²) in [5.41, 5.74) is 0.827. The summed E-state index contributed by atoms with van der Waals surface area (Å²) in [6, 6.07) is 9.29. The van der Waals surface area contributed by atoms with Crippen LogP contribution >= 0.6 is 0 Å². The topological polar surface area (TPSA) is 52.6 Å². The van der Waals surface area contributed by atoms with Gasteiger partial charge in [0, 0.05) is 0 Å². The lowest BCUT2D eigenvalue weighted by atomic mass is 9.88. The van der Waals surface area contributed by atoms with Crippen LogP contribution in [-0.2, 0) is 19.1 Å². The van der Waals surface area contributed by atoms with Gasteiger partial charge in [0.15, 0.2) is 0 Å². The van der Waals surface area contributed by atoms with Crippen molar-refractivity contribution in [2.24, 2.45) is 11.8 Å². The zero-order chi connectivity index (χ0) is 13.1. The molecule has 4 nitrogen and oxygen atoms in total. The molecule has 1 aliphatic rings.